The topological polar surface area (TPSA) is 81.4 Å². The zero-order valence-corrected chi connectivity index (χ0v) is 18.4. The van der Waals surface area contributed by atoms with E-state index in [9.17, 15) is 4.79 Å². The van der Waals surface area contributed by atoms with E-state index in [0.717, 1.165) is 21.4 Å². The number of aryl methyl sites for hydroxylation is 1. The minimum absolute atomic E-state index is 0.0356. The van der Waals surface area contributed by atoms with Crippen LogP contribution in [0.5, 0.6) is 5.75 Å². The Morgan fingerprint density at radius 2 is 1.83 bits per heavy atom. The molecule has 1 amide bonds. The quantitative estimate of drug-likeness (QED) is 0.516. The summed E-state index contributed by atoms with van der Waals surface area (Å²) < 4.78 is 7.15. The molecule has 2 heterocycles. The van der Waals surface area contributed by atoms with Gasteiger partial charge in [0.25, 0.3) is 5.91 Å². The van der Waals surface area contributed by atoms with Crippen molar-refractivity contribution in [2.24, 2.45) is 0 Å². The maximum absolute atomic E-state index is 12.8. The molecule has 154 valence electrons. The summed E-state index contributed by atoms with van der Waals surface area (Å²) in [6.07, 6.45) is 0. The van der Waals surface area contributed by atoms with Gasteiger partial charge in [0, 0.05) is 11.1 Å². The highest BCUT2D eigenvalue weighted by Crippen LogP contribution is 2.33. The predicted molar refractivity (Wildman–Crippen MR) is 118 cm³/mol. The lowest BCUT2D eigenvalue weighted by molar-refractivity contribution is 0.102. The van der Waals surface area contributed by atoms with Crippen molar-refractivity contribution in [2.75, 3.05) is 12.4 Å². The number of ether oxygens (including phenoxy) is 1. The van der Waals surface area contributed by atoms with Crippen molar-refractivity contribution in [3.05, 3.63) is 59.4 Å². The number of benzene rings is 2. The van der Waals surface area contributed by atoms with Crippen molar-refractivity contribution in [3.8, 4) is 16.3 Å². The number of hydrogen-bond donors (Lipinski definition) is 1. The van der Waals surface area contributed by atoms with Crippen LogP contribution in [-0.2, 0) is 5.41 Å². The zero-order valence-electron chi connectivity index (χ0n) is 17.6. The van der Waals surface area contributed by atoms with Crippen LogP contribution in [0.3, 0.4) is 0 Å². The van der Waals surface area contributed by atoms with E-state index in [-0.39, 0.29) is 11.3 Å². The number of fused-ring (bicyclic) bond motifs is 1. The monoisotopic (exact) mass is 421 g/mol. The number of anilines is 1. The van der Waals surface area contributed by atoms with Crippen molar-refractivity contribution in [1.29, 1.82) is 0 Å². The van der Waals surface area contributed by atoms with Gasteiger partial charge in [-0.25, -0.2) is 0 Å². The number of methoxy groups -OCH3 is 1. The number of aromatic nitrogens is 4. The highest BCUT2D eigenvalue weighted by Gasteiger charge is 2.17. The van der Waals surface area contributed by atoms with Gasteiger partial charge < -0.3 is 10.1 Å². The molecule has 0 saturated carbocycles. The number of rotatable bonds is 4. The Balaban J connectivity index is 1.62. The highest BCUT2D eigenvalue weighted by atomic mass is 32.1. The van der Waals surface area contributed by atoms with Gasteiger partial charge in [-0.05, 0) is 48.2 Å². The van der Waals surface area contributed by atoms with E-state index in [1.807, 2.05) is 49.4 Å². The first-order valence-corrected chi connectivity index (χ1v) is 10.4. The molecule has 2 aromatic carbocycles. The average molecular weight is 422 g/mol. The molecule has 30 heavy (non-hydrogen) atoms. The third kappa shape index (κ3) is 3.78. The molecule has 0 radical (unpaired) electrons. The van der Waals surface area contributed by atoms with Crippen LogP contribution in [0.25, 0.3) is 15.5 Å². The fourth-order valence-corrected chi connectivity index (χ4v) is 3.97. The van der Waals surface area contributed by atoms with Crippen molar-refractivity contribution >= 4 is 27.9 Å². The molecule has 0 unspecified atom stereocenters. The molecule has 0 saturated heterocycles. The molecule has 0 aliphatic rings. The minimum Gasteiger partial charge on any atom is -0.495 e. The van der Waals surface area contributed by atoms with Crippen LogP contribution in [-0.4, -0.2) is 32.8 Å². The normalized spacial score (nSPS) is 11.6. The Hall–Kier alpha value is -3.26. The molecule has 0 aliphatic heterocycles. The first kappa shape index (κ1) is 20.0. The van der Waals surface area contributed by atoms with Crippen LogP contribution in [0.4, 0.5) is 5.69 Å². The third-order valence-corrected chi connectivity index (χ3v) is 5.80. The molecule has 0 spiro atoms. The van der Waals surface area contributed by atoms with Crippen LogP contribution >= 0.6 is 11.3 Å². The van der Waals surface area contributed by atoms with E-state index in [1.165, 1.54) is 16.9 Å². The summed E-state index contributed by atoms with van der Waals surface area (Å²) in [5.41, 5.74) is 3.25. The number of nitrogens with zero attached hydrogens (tertiary/aromatic N) is 4. The van der Waals surface area contributed by atoms with Crippen molar-refractivity contribution in [2.45, 2.75) is 33.1 Å². The molecule has 4 rings (SSSR count). The molecule has 1 N–H and O–H groups in total. The molecule has 7 nitrogen and oxygen atoms in total. The summed E-state index contributed by atoms with van der Waals surface area (Å²) >= 11 is 1.44. The third-order valence-electron chi connectivity index (χ3n) is 4.85. The minimum atomic E-state index is -0.195. The van der Waals surface area contributed by atoms with E-state index in [0.29, 0.717) is 17.0 Å². The summed E-state index contributed by atoms with van der Waals surface area (Å²) in [5.74, 6) is 1.12. The molecular weight excluding hydrogens is 398 g/mol. The summed E-state index contributed by atoms with van der Waals surface area (Å²) in [6, 6.07) is 13.3. The second-order valence-corrected chi connectivity index (χ2v) is 9.00. The van der Waals surface area contributed by atoms with Gasteiger partial charge in [-0.15, -0.1) is 10.2 Å². The van der Waals surface area contributed by atoms with Crippen LogP contribution in [0.2, 0.25) is 0 Å². The zero-order chi connectivity index (χ0) is 21.5. The summed E-state index contributed by atoms with van der Waals surface area (Å²) in [6.45, 7) is 8.29. The van der Waals surface area contributed by atoms with E-state index in [1.54, 1.807) is 11.6 Å². The molecule has 0 aliphatic carbocycles. The van der Waals surface area contributed by atoms with E-state index in [2.05, 4.69) is 41.4 Å². The molecule has 0 atom stereocenters. The number of carbonyl (C=O) groups is 1. The van der Waals surface area contributed by atoms with Crippen LogP contribution in [0.15, 0.2) is 42.5 Å². The molecule has 8 heteroatoms. The van der Waals surface area contributed by atoms with Crippen LogP contribution < -0.4 is 10.1 Å². The number of nitrogens with one attached hydrogen (secondary N) is 1. The second kappa shape index (κ2) is 7.53. The average Bonchev–Trinajstić information content (AvgIpc) is 3.29. The Bertz CT molecular complexity index is 1220. The van der Waals surface area contributed by atoms with E-state index < -0.39 is 0 Å². The summed E-state index contributed by atoms with van der Waals surface area (Å²) in [7, 11) is 1.58. The van der Waals surface area contributed by atoms with Crippen LogP contribution in [0.1, 0.15) is 42.5 Å². The molecular formula is C22H23N5O2S. The van der Waals surface area contributed by atoms with Gasteiger partial charge in [0.05, 0.1) is 12.8 Å². The smallest absolute Gasteiger partial charge is 0.255 e. The first-order chi connectivity index (χ1) is 14.3. The maximum atomic E-state index is 12.8. The number of hydrogen-bond acceptors (Lipinski definition) is 6. The van der Waals surface area contributed by atoms with Gasteiger partial charge in [0.2, 0.25) is 4.96 Å². The lowest BCUT2D eigenvalue weighted by Crippen LogP contribution is -2.14. The van der Waals surface area contributed by atoms with Gasteiger partial charge in [0.15, 0.2) is 5.82 Å². The Labute approximate surface area is 178 Å². The highest BCUT2D eigenvalue weighted by molar-refractivity contribution is 7.19. The molecule has 0 bridgehead atoms. The van der Waals surface area contributed by atoms with Crippen molar-refractivity contribution < 1.29 is 9.53 Å². The van der Waals surface area contributed by atoms with E-state index in [4.69, 9.17) is 4.74 Å². The molecule has 4 aromatic rings. The fraction of sp³-hybridized carbons (Fsp3) is 0.273. The fourth-order valence-electron chi connectivity index (χ4n) is 3.09. The van der Waals surface area contributed by atoms with Gasteiger partial charge in [-0.2, -0.15) is 9.61 Å². The first-order valence-electron chi connectivity index (χ1n) is 9.55. The van der Waals surface area contributed by atoms with E-state index >= 15 is 0 Å². The SMILES string of the molecule is COc1ccc(-c2nn3c(C)nnc3s2)cc1NC(=O)c1ccc(C(C)(C)C)cc1. The lowest BCUT2D eigenvalue weighted by atomic mass is 9.87. The van der Waals surface area contributed by atoms with Crippen LogP contribution in [0, 0.1) is 6.92 Å². The number of carbonyl (C=O) groups excluding carboxylic acids is 1. The Kier molecular flexibility index (Phi) is 5.03. The summed E-state index contributed by atoms with van der Waals surface area (Å²) in [4.78, 5) is 13.6. The van der Waals surface area contributed by atoms with Gasteiger partial charge in [-0.1, -0.05) is 44.2 Å². The van der Waals surface area contributed by atoms with Crippen molar-refractivity contribution in [1.82, 2.24) is 19.8 Å². The van der Waals surface area contributed by atoms with Gasteiger partial charge >= 0.3 is 0 Å². The van der Waals surface area contributed by atoms with Gasteiger partial charge in [-0.3, -0.25) is 4.79 Å². The standard InChI is InChI=1S/C22H23N5O2S/c1-13-24-25-21-27(13)26-20(30-21)15-8-11-18(29-5)17(12-15)23-19(28)14-6-9-16(10-7-14)22(2,3)4/h6-12H,1-5H3,(H,23,28). The molecule has 0 fully saturated rings. The van der Waals surface area contributed by atoms with Gasteiger partial charge in [0.1, 0.15) is 10.8 Å². The van der Waals surface area contributed by atoms with Crippen molar-refractivity contribution in [3.63, 3.8) is 0 Å². The maximum Gasteiger partial charge on any atom is 0.255 e. The second-order valence-electron chi connectivity index (χ2n) is 8.05. The summed E-state index contributed by atoms with van der Waals surface area (Å²) in [5, 5.41) is 16.4. The lowest BCUT2D eigenvalue weighted by Gasteiger charge is -2.19. The molecule has 2 aromatic heterocycles. The Morgan fingerprint density at radius 1 is 1.10 bits per heavy atom. The largest absolute Gasteiger partial charge is 0.495 e. The number of amides is 1. The Morgan fingerprint density at radius 3 is 2.47 bits per heavy atom. The predicted octanol–water partition coefficient (Wildman–Crippen LogP) is 4.72.